The van der Waals surface area contributed by atoms with Crippen LogP contribution in [0, 0.1) is 5.41 Å². The highest BCUT2D eigenvalue weighted by Gasteiger charge is 2.40. The number of nitrogens with zero attached hydrogens (tertiary/aromatic N) is 3. The molecule has 1 spiro atoms. The van der Waals surface area contributed by atoms with Crippen LogP contribution in [-0.2, 0) is 9.53 Å². The molecule has 0 saturated carbocycles. The smallest absolute Gasteiger partial charge is 0.260 e. The molecule has 2 fully saturated rings. The van der Waals surface area contributed by atoms with E-state index in [1.807, 2.05) is 29.2 Å². The molecule has 2 saturated heterocycles. The van der Waals surface area contributed by atoms with Gasteiger partial charge in [-0.1, -0.05) is 12.1 Å². The van der Waals surface area contributed by atoms with E-state index in [9.17, 15) is 4.79 Å². The lowest BCUT2D eigenvalue weighted by molar-refractivity contribution is -0.137. The van der Waals surface area contributed by atoms with Crippen LogP contribution in [-0.4, -0.2) is 53.7 Å². The minimum Gasteiger partial charge on any atom is -0.467 e. The van der Waals surface area contributed by atoms with Crippen LogP contribution in [0.4, 0.5) is 0 Å². The van der Waals surface area contributed by atoms with Crippen molar-refractivity contribution >= 4 is 16.8 Å². The predicted molar refractivity (Wildman–Crippen MR) is 88.7 cm³/mol. The van der Waals surface area contributed by atoms with Crippen molar-refractivity contribution in [2.75, 3.05) is 32.9 Å². The zero-order chi connectivity index (χ0) is 16.4. The maximum Gasteiger partial charge on any atom is 0.260 e. The van der Waals surface area contributed by atoms with Gasteiger partial charge < -0.3 is 14.4 Å². The van der Waals surface area contributed by atoms with Gasteiger partial charge in [-0.05, 0) is 31.4 Å². The van der Waals surface area contributed by atoms with Gasteiger partial charge in [0.1, 0.15) is 6.33 Å². The molecule has 6 heteroatoms. The third kappa shape index (κ3) is 2.94. The summed E-state index contributed by atoms with van der Waals surface area (Å²) in [4.78, 5) is 22.9. The number of likely N-dealkylation sites (tertiary alicyclic amines) is 1. The van der Waals surface area contributed by atoms with Gasteiger partial charge in [0.05, 0.1) is 17.5 Å². The molecule has 1 aromatic heterocycles. The molecule has 1 atom stereocenters. The minimum atomic E-state index is 0.0118. The van der Waals surface area contributed by atoms with Crippen molar-refractivity contribution in [3.05, 3.63) is 30.6 Å². The van der Waals surface area contributed by atoms with Gasteiger partial charge in [0.25, 0.3) is 5.91 Å². The maximum absolute atomic E-state index is 12.6. The first-order valence-corrected chi connectivity index (χ1v) is 8.44. The number of aromatic nitrogens is 2. The molecule has 2 aromatic rings. The van der Waals surface area contributed by atoms with Gasteiger partial charge in [0.15, 0.2) is 6.61 Å². The number of piperidine rings is 1. The van der Waals surface area contributed by atoms with Crippen LogP contribution in [0.5, 0.6) is 5.88 Å². The number of hydrogen-bond acceptors (Lipinski definition) is 5. The number of fused-ring (bicyclic) bond motifs is 1. The van der Waals surface area contributed by atoms with E-state index < -0.39 is 0 Å². The van der Waals surface area contributed by atoms with Crippen molar-refractivity contribution in [3.8, 4) is 5.88 Å². The van der Waals surface area contributed by atoms with Gasteiger partial charge in [0, 0.05) is 25.1 Å². The van der Waals surface area contributed by atoms with E-state index >= 15 is 0 Å². The highest BCUT2D eigenvalue weighted by atomic mass is 16.5. The Hall–Kier alpha value is -2.21. The Morgan fingerprint density at radius 2 is 2.21 bits per heavy atom. The van der Waals surface area contributed by atoms with Crippen LogP contribution in [0.15, 0.2) is 30.6 Å². The molecule has 0 aliphatic carbocycles. The molecular formula is C18H21N3O3. The summed E-state index contributed by atoms with van der Waals surface area (Å²) in [6.45, 7) is 3.17. The molecule has 0 radical (unpaired) electrons. The second-order valence-electron chi connectivity index (χ2n) is 6.71. The fourth-order valence-electron chi connectivity index (χ4n) is 3.71. The van der Waals surface area contributed by atoms with Crippen molar-refractivity contribution < 1.29 is 14.3 Å². The van der Waals surface area contributed by atoms with Crippen LogP contribution >= 0.6 is 0 Å². The Balaban J connectivity index is 1.42. The predicted octanol–water partition coefficient (Wildman–Crippen LogP) is 2.04. The summed E-state index contributed by atoms with van der Waals surface area (Å²) in [5, 5.41) is 0.826. The summed E-state index contributed by atoms with van der Waals surface area (Å²) in [5.74, 6) is 0.480. The van der Waals surface area contributed by atoms with E-state index in [0.717, 1.165) is 56.5 Å². The number of para-hydroxylation sites is 1. The summed E-state index contributed by atoms with van der Waals surface area (Å²) in [5.41, 5.74) is 0.977. The Morgan fingerprint density at radius 3 is 3.08 bits per heavy atom. The lowest BCUT2D eigenvalue weighted by Crippen LogP contribution is -2.48. The van der Waals surface area contributed by atoms with Gasteiger partial charge in [-0.25, -0.2) is 9.97 Å². The van der Waals surface area contributed by atoms with E-state index in [2.05, 4.69) is 9.97 Å². The van der Waals surface area contributed by atoms with Crippen molar-refractivity contribution in [1.29, 1.82) is 0 Å². The van der Waals surface area contributed by atoms with E-state index in [1.54, 1.807) is 0 Å². The topological polar surface area (TPSA) is 64.5 Å². The Morgan fingerprint density at radius 1 is 1.29 bits per heavy atom. The number of hydrogen-bond donors (Lipinski definition) is 0. The number of carbonyl (C=O) groups excluding carboxylic acids is 1. The summed E-state index contributed by atoms with van der Waals surface area (Å²) < 4.78 is 11.3. The molecule has 2 aliphatic heterocycles. The summed E-state index contributed by atoms with van der Waals surface area (Å²) >= 11 is 0. The number of rotatable bonds is 3. The Labute approximate surface area is 140 Å². The number of benzene rings is 1. The fraction of sp³-hybridized carbons (Fsp3) is 0.500. The highest BCUT2D eigenvalue weighted by molar-refractivity contribution is 5.84. The van der Waals surface area contributed by atoms with Gasteiger partial charge in [-0.15, -0.1) is 0 Å². The molecular weight excluding hydrogens is 306 g/mol. The first kappa shape index (κ1) is 15.3. The lowest BCUT2D eigenvalue weighted by Gasteiger charge is -2.39. The molecule has 0 unspecified atom stereocenters. The van der Waals surface area contributed by atoms with Gasteiger partial charge in [-0.3, -0.25) is 4.79 Å². The number of ether oxygens (including phenoxy) is 2. The molecule has 1 amide bonds. The first-order chi connectivity index (χ1) is 11.8. The van der Waals surface area contributed by atoms with Crippen LogP contribution < -0.4 is 4.74 Å². The zero-order valence-corrected chi connectivity index (χ0v) is 13.6. The summed E-state index contributed by atoms with van der Waals surface area (Å²) in [6.07, 6.45) is 4.70. The standard InChI is InChI=1S/C18H21N3O3/c22-16(21-8-3-6-18(11-21)7-9-23-12-18)10-24-17-14-4-1-2-5-15(14)19-13-20-17/h1-2,4-5,13H,3,6-12H2/t18-/m1/s1. The average Bonchev–Trinajstić information content (AvgIpc) is 3.07. The van der Waals surface area contributed by atoms with Crippen molar-refractivity contribution in [2.45, 2.75) is 19.3 Å². The SMILES string of the molecule is O=C(COc1ncnc2ccccc12)N1CCC[C@@]2(CCOC2)C1. The Bertz CT molecular complexity index is 738. The van der Waals surface area contributed by atoms with Crippen LogP contribution in [0.3, 0.4) is 0 Å². The van der Waals surface area contributed by atoms with E-state index in [4.69, 9.17) is 9.47 Å². The third-order valence-corrected chi connectivity index (χ3v) is 5.04. The molecule has 4 rings (SSSR count). The first-order valence-electron chi connectivity index (χ1n) is 8.44. The molecule has 24 heavy (non-hydrogen) atoms. The quantitative estimate of drug-likeness (QED) is 0.863. The van der Waals surface area contributed by atoms with Crippen LogP contribution in [0.1, 0.15) is 19.3 Å². The third-order valence-electron chi connectivity index (χ3n) is 5.04. The van der Waals surface area contributed by atoms with E-state index in [-0.39, 0.29) is 17.9 Å². The van der Waals surface area contributed by atoms with Gasteiger partial charge in [0.2, 0.25) is 5.88 Å². The molecule has 3 heterocycles. The number of carbonyl (C=O) groups is 1. The molecule has 0 N–H and O–H groups in total. The monoisotopic (exact) mass is 327 g/mol. The average molecular weight is 327 g/mol. The van der Waals surface area contributed by atoms with E-state index in [0.29, 0.717) is 5.88 Å². The normalized spacial score (nSPS) is 23.8. The fourth-order valence-corrected chi connectivity index (χ4v) is 3.71. The largest absolute Gasteiger partial charge is 0.467 e. The lowest BCUT2D eigenvalue weighted by atomic mass is 9.79. The molecule has 6 nitrogen and oxygen atoms in total. The van der Waals surface area contributed by atoms with Crippen LogP contribution in [0.2, 0.25) is 0 Å². The van der Waals surface area contributed by atoms with Gasteiger partial charge >= 0.3 is 0 Å². The molecule has 126 valence electrons. The second kappa shape index (κ2) is 6.36. The van der Waals surface area contributed by atoms with Crippen molar-refractivity contribution in [1.82, 2.24) is 14.9 Å². The maximum atomic E-state index is 12.6. The summed E-state index contributed by atoms with van der Waals surface area (Å²) in [6, 6.07) is 7.64. The zero-order valence-electron chi connectivity index (χ0n) is 13.6. The second-order valence-corrected chi connectivity index (χ2v) is 6.71. The van der Waals surface area contributed by atoms with E-state index in [1.165, 1.54) is 6.33 Å². The van der Waals surface area contributed by atoms with Gasteiger partial charge in [-0.2, -0.15) is 0 Å². The Kier molecular flexibility index (Phi) is 4.06. The van der Waals surface area contributed by atoms with Crippen molar-refractivity contribution in [3.63, 3.8) is 0 Å². The van der Waals surface area contributed by atoms with Crippen LogP contribution in [0.25, 0.3) is 10.9 Å². The summed E-state index contributed by atoms with van der Waals surface area (Å²) in [7, 11) is 0. The molecule has 0 bridgehead atoms. The molecule has 2 aliphatic rings. The highest BCUT2D eigenvalue weighted by Crippen LogP contribution is 2.37. The van der Waals surface area contributed by atoms with Crippen molar-refractivity contribution in [2.24, 2.45) is 5.41 Å². The minimum absolute atomic E-state index is 0.0118. The molecule has 1 aromatic carbocycles. The number of amides is 1.